The summed E-state index contributed by atoms with van der Waals surface area (Å²) in [4.78, 5) is 11.2. The largest absolute Gasteiger partial charge is 0.309 e. The van der Waals surface area contributed by atoms with Crippen LogP contribution >= 0.6 is 15.9 Å². The van der Waals surface area contributed by atoms with Crippen LogP contribution in [0.3, 0.4) is 0 Å². The van der Waals surface area contributed by atoms with Gasteiger partial charge in [-0.25, -0.2) is 9.97 Å². The lowest BCUT2D eigenvalue weighted by atomic mass is 9.95. The van der Waals surface area contributed by atoms with Crippen LogP contribution < -0.4 is 4.90 Å². The third-order valence-corrected chi connectivity index (χ3v) is 5.31. The zero-order valence-corrected chi connectivity index (χ0v) is 14.9. The Hall–Kier alpha value is -2.72. The Bertz CT molecular complexity index is 1060. The fraction of sp³-hybridized carbons (Fsp3) is 0.0476. The van der Waals surface area contributed by atoms with E-state index in [0.717, 1.165) is 27.6 Å². The molecule has 0 fully saturated rings. The van der Waals surface area contributed by atoms with Gasteiger partial charge in [0.15, 0.2) is 5.65 Å². The van der Waals surface area contributed by atoms with Gasteiger partial charge in [-0.1, -0.05) is 36.4 Å². The summed E-state index contributed by atoms with van der Waals surface area (Å²) in [6, 6.07) is 21.2. The Labute approximate surface area is 154 Å². The van der Waals surface area contributed by atoms with Crippen molar-refractivity contribution in [2.45, 2.75) is 6.42 Å². The number of hydrogen-bond acceptors (Lipinski definition) is 3. The maximum Gasteiger partial charge on any atom is 0.162 e. The highest BCUT2D eigenvalue weighted by Crippen LogP contribution is 2.46. The van der Waals surface area contributed by atoms with Gasteiger partial charge < -0.3 is 4.90 Å². The Balaban J connectivity index is 1.87. The number of nitrogens with zero attached hydrogens (tertiary/aromatic N) is 3. The Morgan fingerprint density at radius 2 is 1.32 bits per heavy atom. The molecule has 4 aromatic rings. The first-order chi connectivity index (χ1) is 12.3. The fourth-order valence-corrected chi connectivity index (χ4v) is 4.06. The quantitative estimate of drug-likeness (QED) is 0.365. The van der Waals surface area contributed by atoms with Crippen molar-refractivity contribution < 1.29 is 0 Å². The molecule has 3 nitrogen and oxygen atoms in total. The second-order valence-corrected chi connectivity index (χ2v) is 6.95. The van der Waals surface area contributed by atoms with Crippen LogP contribution in [0, 0.1) is 0 Å². The average Bonchev–Trinajstić information content (AvgIpc) is 2.66. The molecule has 4 heteroatoms. The van der Waals surface area contributed by atoms with E-state index in [1.807, 2.05) is 12.3 Å². The molecular weight excluding hydrogens is 374 g/mol. The van der Waals surface area contributed by atoms with Crippen molar-refractivity contribution in [3.8, 4) is 0 Å². The number of aromatic nitrogens is 2. The minimum atomic E-state index is 0.743. The number of fused-ring (bicyclic) bond motifs is 3. The lowest BCUT2D eigenvalue weighted by Gasteiger charge is -2.34. The van der Waals surface area contributed by atoms with Gasteiger partial charge in [-0.15, -0.1) is 0 Å². The smallest absolute Gasteiger partial charge is 0.162 e. The van der Waals surface area contributed by atoms with Crippen molar-refractivity contribution in [3.63, 3.8) is 0 Å². The second-order valence-electron chi connectivity index (χ2n) is 6.09. The summed E-state index contributed by atoms with van der Waals surface area (Å²) in [5.74, 6) is 0. The van der Waals surface area contributed by atoms with Crippen LogP contribution in [0.25, 0.3) is 11.0 Å². The van der Waals surface area contributed by atoms with E-state index < -0.39 is 0 Å². The average molecular weight is 388 g/mol. The SMILES string of the molecule is Brc1ccnc2nccc(N3c4ccccc4Cc4ccccc43)c12. The summed E-state index contributed by atoms with van der Waals surface area (Å²) < 4.78 is 1.00. The van der Waals surface area contributed by atoms with Gasteiger partial charge in [0, 0.05) is 34.7 Å². The topological polar surface area (TPSA) is 29.0 Å². The molecule has 0 aliphatic carbocycles. The van der Waals surface area contributed by atoms with Crippen molar-refractivity contribution in [1.82, 2.24) is 9.97 Å². The monoisotopic (exact) mass is 387 g/mol. The van der Waals surface area contributed by atoms with Crippen molar-refractivity contribution >= 4 is 44.0 Å². The summed E-state index contributed by atoms with van der Waals surface area (Å²) >= 11 is 3.69. The van der Waals surface area contributed by atoms with Crippen LogP contribution in [0.5, 0.6) is 0 Å². The Kier molecular flexibility index (Phi) is 3.31. The van der Waals surface area contributed by atoms with Crippen molar-refractivity contribution in [3.05, 3.63) is 88.7 Å². The normalized spacial score (nSPS) is 12.8. The predicted octanol–water partition coefficient (Wildman–Crippen LogP) is 5.77. The first-order valence-corrected chi connectivity index (χ1v) is 8.97. The van der Waals surface area contributed by atoms with Crippen LogP contribution in [-0.2, 0) is 6.42 Å². The molecule has 5 rings (SSSR count). The van der Waals surface area contributed by atoms with Gasteiger partial charge in [0.2, 0.25) is 0 Å². The third kappa shape index (κ3) is 2.25. The summed E-state index contributed by atoms with van der Waals surface area (Å²) in [6.45, 7) is 0. The molecule has 0 atom stereocenters. The van der Waals surface area contributed by atoms with Crippen LogP contribution in [-0.4, -0.2) is 9.97 Å². The molecule has 0 radical (unpaired) electrons. The molecule has 25 heavy (non-hydrogen) atoms. The van der Waals surface area contributed by atoms with Crippen LogP contribution in [0.4, 0.5) is 17.1 Å². The van der Waals surface area contributed by atoms with E-state index in [1.165, 1.54) is 22.5 Å². The van der Waals surface area contributed by atoms with Gasteiger partial charge in [0.05, 0.1) is 11.1 Å². The zero-order valence-electron chi connectivity index (χ0n) is 13.4. The van der Waals surface area contributed by atoms with Crippen molar-refractivity contribution in [2.75, 3.05) is 4.90 Å². The van der Waals surface area contributed by atoms with E-state index >= 15 is 0 Å². The van der Waals surface area contributed by atoms with Gasteiger partial charge in [0.1, 0.15) is 0 Å². The highest BCUT2D eigenvalue weighted by Gasteiger charge is 2.25. The molecule has 1 aliphatic heterocycles. The molecule has 2 aromatic carbocycles. The number of para-hydroxylation sites is 2. The molecule has 120 valence electrons. The van der Waals surface area contributed by atoms with Crippen LogP contribution in [0.15, 0.2) is 77.5 Å². The molecular formula is C21H14BrN3. The second kappa shape index (κ2) is 5.67. The van der Waals surface area contributed by atoms with E-state index in [2.05, 4.69) is 85.4 Å². The van der Waals surface area contributed by atoms with Gasteiger partial charge in [-0.2, -0.15) is 0 Å². The number of rotatable bonds is 1. The molecule has 0 unspecified atom stereocenters. The van der Waals surface area contributed by atoms with Crippen molar-refractivity contribution in [1.29, 1.82) is 0 Å². The van der Waals surface area contributed by atoms with Gasteiger partial charge in [-0.3, -0.25) is 0 Å². The van der Waals surface area contributed by atoms with Crippen molar-refractivity contribution in [2.24, 2.45) is 0 Å². The predicted molar refractivity (Wildman–Crippen MR) is 105 cm³/mol. The Morgan fingerprint density at radius 3 is 2.00 bits per heavy atom. The van der Waals surface area contributed by atoms with E-state index in [4.69, 9.17) is 0 Å². The molecule has 0 spiro atoms. The maximum absolute atomic E-state index is 4.44. The number of hydrogen-bond donors (Lipinski definition) is 0. The van der Waals surface area contributed by atoms with Gasteiger partial charge in [0.25, 0.3) is 0 Å². The van der Waals surface area contributed by atoms with Gasteiger partial charge in [-0.05, 0) is 51.3 Å². The highest BCUT2D eigenvalue weighted by molar-refractivity contribution is 9.10. The summed E-state index contributed by atoms with van der Waals surface area (Å²) in [5.41, 5.74) is 6.91. The van der Waals surface area contributed by atoms with Crippen LogP contribution in [0.2, 0.25) is 0 Å². The van der Waals surface area contributed by atoms with E-state index in [0.29, 0.717) is 0 Å². The summed E-state index contributed by atoms with van der Waals surface area (Å²) in [5, 5.41) is 1.02. The minimum absolute atomic E-state index is 0.743. The first-order valence-electron chi connectivity index (χ1n) is 8.18. The minimum Gasteiger partial charge on any atom is -0.309 e. The number of anilines is 3. The summed E-state index contributed by atoms with van der Waals surface area (Å²) in [7, 11) is 0. The van der Waals surface area contributed by atoms with E-state index in [9.17, 15) is 0 Å². The molecule has 2 aromatic heterocycles. The number of benzene rings is 2. The molecule has 3 heterocycles. The van der Waals surface area contributed by atoms with E-state index in [-0.39, 0.29) is 0 Å². The standard InChI is InChI=1S/C21H14BrN3/c22-16-9-11-23-21-20(16)19(10-12-24-21)25-17-7-3-1-5-14(17)13-15-6-2-4-8-18(15)25/h1-12H,13H2. The number of pyridine rings is 2. The molecule has 0 N–H and O–H groups in total. The molecule has 1 aliphatic rings. The fourth-order valence-electron chi connectivity index (χ4n) is 3.56. The lowest BCUT2D eigenvalue weighted by molar-refractivity contribution is 1.09. The zero-order chi connectivity index (χ0) is 16.8. The Morgan fingerprint density at radius 1 is 0.720 bits per heavy atom. The van der Waals surface area contributed by atoms with E-state index in [1.54, 1.807) is 6.20 Å². The first kappa shape index (κ1) is 14.6. The van der Waals surface area contributed by atoms with Gasteiger partial charge >= 0.3 is 0 Å². The molecule has 0 saturated carbocycles. The third-order valence-electron chi connectivity index (χ3n) is 4.65. The summed E-state index contributed by atoms with van der Waals surface area (Å²) in [6.07, 6.45) is 4.56. The molecule has 0 saturated heterocycles. The molecule has 0 bridgehead atoms. The highest BCUT2D eigenvalue weighted by atomic mass is 79.9. The number of halogens is 1. The van der Waals surface area contributed by atoms with Crippen LogP contribution in [0.1, 0.15) is 11.1 Å². The maximum atomic E-state index is 4.44. The molecule has 0 amide bonds. The lowest BCUT2D eigenvalue weighted by Crippen LogP contribution is -2.18.